The van der Waals surface area contributed by atoms with E-state index in [1.165, 1.54) is 19.5 Å². The van der Waals surface area contributed by atoms with Crippen LogP contribution in [0.25, 0.3) is 86.3 Å². The van der Waals surface area contributed by atoms with Crippen molar-refractivity contribution in [3.8, 4) is 55.9 Å². The van der Waals surface area contributed by atoms with Crippen molar-refractivity contribution in [1.29, 1.82) is 0 Å². The van der Waals surface area contributed by atoms with Crippen LogP contribution >= 0.6 is 22.7 Å². The summed E-state index contributed by atoms with van der Waals surface area (Å²) in [6.07, 6.45) is 0. The van der Waals surface area contributed by atoms with Gasteiger partial charge in [0.25, 0.3) is 0 Å². The number of fused-ring (bicyclic) bond motifs is 4. The summed E-state index contributed by atoms with van der Waals surface area (Å²) in [5.41, 5.74) is 7.30. The van der Waals surface area contributed by atoms with E-state index >= 15 is 0 Å². The molecule has 0 N–H and O–H groups in total. The van der Waals surface area contributed by atoms with Gasteiger partial charge in [0.15, 0.2) is 17.5 Å². The van der Waals surface area contributed by atoms with E-state index in [0.29, 0.717) is 17.5 Å². The number of hydrogen-bond acceptors (Lipinski definition) is 6. The number of rotatable bonds is 5. The molecule has 0 saturated heterocycles. The second-order valence-electron chi connectivity index (χ2n) is 11.1. The molecule has 0 unspecified atom stereocenters. The fraction of sp³-hybridized carbons (Fsp3) is 0. The molecule has 46 heavy (non-hydrogen) atoms. The average molecular weight is 625 g/mol. The predicted molar refractivity (Wildman–Crippen MR) is 193 cm³/mol. The highest BCUT2D eigenvalue weighted by Crippen LogP contribution is 2.45. The lowest BCUT2D eigenvalue weighted by atomic mass is 10.0. The van der Waals surface area contributed by atoms with Gasteiger partial charge < -0.3 is 0 Å². The normalized spacial score (nSPS) is 11.5. The second-order valence-corrected chi connectivity index (χ2v) is 13.2. The Bertz CT molecular complexity index is 2500. The third-order valence-corrected chi connectivity index (χ3v) is 10.4. The van der Waals surface area contributed by atoms with Gasteiger partial charge in [-0.3, -0.25) is 0 Å². The maximum atomic E-state index is 5.18. The minimum absolute atomic E-state index is 0.643. The lowest BCUT2D eigenvalue weighted by Crippen LogP contribution is -2.00. The SMILES string of the molecule is c1ccc(-c2cccc(-c3nc(-c4ccccc4)nc(-c4cccc5sc6cccc(-c7nc8ccccc8s7)c6c45)n3)c2)cc1. The van der Waals surface area contributed by atoms with Crippen molar-refractivity contribution < 1.29 is 0 Å². The Labute approximate surface area is 273 Å². The number of thiophene rings is 1. The van der Waals surface area contributed by atoms with Crippen LogP contribution in [0.5, 0.6) is 0 Å². The molecule has 6 heteroatoms. The molecule has 0 aliphatic rings. The Hall–Kier alpha value is -5.56. The highest BCUT2D eigenvalue weighted by atomic mass is 32.1. The molecule has 0 fully saturated rings. The molecule has 0 aliphatic carbocycles. The summed E-state index contributed by atoms with van der Waals surface area (Å²) in [6.45, 7) is 0. The van der Waals surface area contributed by atoms with Crippen molar-refractivity contribution >= 4 is 53.1 Å². The van der Waals surface area contributed by atoms with Gasteiger partial charge in [-0.2, -0.15) is 0 Å². The lowest BCUT2D eigenvalue weighted by molar-refractivity contribution is 1.08. The number of para-hydroxylation sites is 1. The molecule has 0 spiro atoms. The summed E-state index contributed by atoms with van der Waals surface area (Å²) in [5.74, 6) is 1.94. The van der Waals surface area contributed by atoms with Crippen molar-refractivity contribution in [2.75, 3.05) is 0 Å². The highest BCUT2D eigenvalue weighted by Gasteiger charge is 2.20. The van der Waals surface area contributed by atoms with Crippen LogP contribution in [-0.2, 0) is 0 Å². The molecule has 0 amide bonds. The zero-order valence-corrected chi connectivity index (χ0v) is 26.1. The smallest absolute Gasteiger partial charge is 0.164 e. The van der Waals surface area contributed by atoms with E-state index in [-0.39, 0.29) is 0 Å². The van der Waals surface area contributed by atoms with Gasteiger partial charge >= 0.3 is 0 Å². The second kappa shape index (κ2) is 11.1. The number of hydrogen-bond donors (Lipinski definition) is 0. The summed E-state index contributed by atoms with van der Waals surface area (Å²) >= 11 is 3.52. The largest absolute Gasteiger partial charge is 0.236 e. The first-order valence-corrected chi connectivity index (χ1v) is 16.7. The first-order valence-electron chi connectivity index (χ1n) is 15.1. The highest BCUT2D eigenvalue weighted by molar-refractivity contribution is 7.26. The van der Waals surface area contributed by atoms with Crippen LogP contribution in [0, 0.1) is 0 Å². The zero-order valence-electron chi connectivity index (χ0n) is 24.5. The Morgan fingerprint density at radius 1 is 0.348 bits per heavy atom. The van der Waals surface area contributed by atoms with Gasteiger partial charge in [-0.1, -0.05) is 115 Å². The Morgan fingerprint density at radius 2 is 0.891 bits per heavy atom. The van der Waals surface area contributed by atoms with E-state index in [4.69, 9.17) is 19.9 Å². The van der Waals surface area contributed by atoms with Gasteiger partial charge in [0.05, 0.1) is 10.2 Å². The Kier molecular flexibility index (Phi) is 6.47. The third kappa shape index (κ3) is 4.67. The van der Waals surface area contributed by atoms with Crippen molar-refractivity contribution in [3.05, 3.63) is 146 Å². The molecule has 9 aromatic rings. The Morgan fingerprint density at radius 3 is 1.65 bits per heavy atom. The minimum atomic E-state index is 0.643. The van der Waals surface area contributed by atoms with Crippen LogP contribution in [0.1, 0.15) is 0 Å². The molecular weight excluding hydrogens is 601 g/mol. The van der Waals surface area contributed by atoms with E-state index < -0.39 is 0 Å². The molecule has 0 bridgehead atoms. The first-order chi connectivity index (χ1) is 22.8. The number of benzene rings is 6. The van der Waals surface area contributed by atoms with Crippen molar-refractivity contribution in [3.63, 3.8) is 0 Å². The van der Waals surface area contributed by atoms with E-state index in [0.717, 1.165) is 49.3 Å². The standard InChI is InChI=1S/C40H24N4S2/c1-3-12-25(13-4-1)27-16-9-17-28(24-27)38-42-37(26-14-5-2-6-15-26)43-39(44-38)29-18-10-22-33-35(29)36-30(19-11-23-34(36)45-33)40-41-31-20-7-8-21-32(31)46-40/h1-24H. The average Bonchev–Trinajstić information content (AvgIpc) is 3.74. The monoisotopic (exact) mass is 624 g/mol. The van der Waals surface area contributed by atoms with Gasteiger partial charge in [0.1, 0.15) is 5.01 Å². The summed E-state index contributed by atoms with van der Waals surface area (Å²) in [5, 5.41) is 3.35. The van der Waals surface area contributed by atoms with Crippen LogP contribution < -0.4 is 0 Å². The van der Waals surface area contributed by atoms with Crippen LogP contribution in [0.3, 0.4) is 0 Å². The summed E-state index contributed by atoms with van der Waals surface area (Å²) in [6, 6.07) is 50.3. The van der Waals surface area contributed by atoms with Gasteiger partial charge in [0.2, 0.25) is 0 Å². The van der Waals surface area contributed by atoms with Crippen LogP contribution in [0.2, 0.25) is 0 Å². The molecule has 0 aliphatic heterocycles. The van der Waals surface area contributed by atoms with Crippen molar-refractivity contribution in [2.24, 2.45) is 0 Å². The van der Waals surface area contributed by atoms with Gasteiger partial charge in [0, 0.05) is 42.4 Å². The van der Waals surface area contributed by atoms with E-state index in [1.54, 1.807) is 22.7 Å². The molecule has 4 nitrogen and oxygen atoms in total. The van der Waals surface area contributed by atoms with E-state index in [2.05, 4.69) is 115 Å². The van der Waals surface area contributed by atoms with E-state index in [1.807, 2.05) is 30.3 Å². The van der Waals surface area contributed by atoms with E-state index in [9.17, 15) is 0 Å². The summed E-state index contributed by atoms with van der Waals surface area (Å²) in [4.78, 5) is 20.4. The first kappa shape index (κ1) is 26.8. The lowest BCUT2D eigenvalue weighted by Gasteiger charge is -2.11. The van der Waals surface area contributed by atoms with Gasteiger partial charge in [-0.05, 0) is 41.5 Å². The molecule has 3 heterocycles. The van der Waals surface area contributed by atoms with Crippen LogP contribution in [0.4, 0.5) is 0 Å². The molecule has 9 rings (SSSR count). The zero-order chi connectivity index (χ0) is 30.5. The quantitative estimate of drug-likeness (QED) is 0.191. The Balaban J connectivity index is 1.29. The molecule has 216 valence electrons. The maximum Gasteiger partial charge on any atom is 0.164 e. The van der Waals surface area contributed by atoms with Crippen LogP contribution in [0.15, 0.2) is 146 Å². The fourth-order valence-electron chi connectivity index (χ4n) is 6.03. The number of nitrogens with zero attached hydrogens (tertiary/aromatic N) is 4. The number of aromatic nitrogens is 4. The van der Waals surface area contributed by atoms with Crippen LogP contribution in [-0.4, -0.2) is 19.9 Å². The van der Waals surface area contributed by atoms with Crippen molar-refractivity contribution in [2.45, 2.75) is 0 Å². The molecule has 0 atom stereocenters. The van der Waals surface area contributed by atoms with Gasteiger partial charge in [-0.25, -0.2) is 19.9 Å². The molecule has 0 radical (unpaired) electrons. The third-order valence-electron chi connectivity index (χ3n) is 8.18. The topological polar surface area (TPSA) is 51.6 Å². The minimum Gasteiger partial charge on any atom is -0.236 e. The maximum absolute atomic E-state index is 5.18. The summed E-state index contributed by atoms with van der Waals surface area (Å²) < 4.78 is 3.59. The fourth-order valence-corrected chi connectivity index (χ4v) is 8.18. The number of thiazole rings is 1. The van der Waals surface area contributed by atoms with Crippen molar-refractivity contribution in [1.82, 2.24) is 19.9 Å². The predicted octanol–water partition coefficient (Wildman–Crippen LogP) is 11.2. The molecule has 0 saturated carbocycles. The summed E-state index contributed by atoms with van der Waals surface area (Å²) in [7, 11) is 0. The molecule has 3 aromatic heterocycles. The van der Waals surface area contributed by atoms with Gasteiger partial charge in [-0.15, -0.1) is 22.7 Å². The molecular formula is C40H24N4S2. The molecule has 6 aromatic carbocycles.